The summed E-state index contributed by atoms with van der Waals surface area (Å²) in [6.45, 7) is 2.90. The van der Waals surface area contributed by atoms with Crippen LogP contribution >= 0.6 is 0 Å². The van der Waals surface area contributed by atoms with Crippen molar-refractivity contribution in [3.63, 3.8) is 0 Å². The van der Waals surface area contributed by atoms with Crippen molar-refractivity contribution in [2.75, 3.05) is 39.6 Å². The molecule has 0 aromatic carbocycles. The summed E-state index contributed by atoms with van der Waals surface area (Å²) >= 11 is 0. The predicted molar refractivity (Wildman–Crippen MR) is 77.7 cm³/mol. The average Bonchev–Trinajstić information content (AvgIpc) is 3.03. The molecular weight excluding hydrogens is 304 g/mol. The summed E-state index contributed by atoms with van der Waals surface area (Å²) in [7, 11) is 0. The van der Waals surface area contributed by atoms with E-state index in [1.165, 1.54) is 0 Å². The topological polar surface area (TPSA) is 80.3 Å². The Balaban J connectivity index is 1.48. The molecule has 130 valence electrons. The first-order valence-corrected chi connectivity index (χ1v) is 8.38. The summed E-state index contributed by atoms with van der Waals surface area (Å²) in [6, 6.07) is 0. The van der Waals surface area contributed by atoms with Crippen molar-refractivity contribution in [3.05, 3.63) is 0 Å². The standard InChI is InChI=1S/C16H24O7/c17-15(11-1-5-19-6-2-11)22-13-9-21-10-14(13)23-16(18)12-3-7-20-8-4-12/h11-14H,1-10H2. The van der Waals surface area contributed by atoms with Gasteiger partial charge < -0.3 is 23.7 Å². The fourth-order valence-electron chi connectivity index (χ4n) is 3.09. The Morgan fingerprint density at radius 1 is 0.652 bits per heavy atom. The number of rotatable bonds is 4. The van der Waals surface area contributed by atoms with Crippen LogP contribution in [0.3, 0.4) is 0 Å². The molecule has 2 unspecified atom stereocenters. The van der Waals surface area contributed by atoms with Crippen LogP contribution in [0.25, 0.3) is 0 Å². The third-order valence-corrected chi connectivity index (χ3v) is 4.62. The van der Waals surface area contributed by atoms with Crippen LogP contribution in [-0.2, 0) is 33.3 Å². The zero-order valence-electron chi connectivity index (χ0n) is 13.2. The van der Waals surface area contributed by atoms with Crippen molar-refractivity contribution >= 4 is 11.9 Å². The van der Waals surface area contributed by atoms with Gasteiger partial charge in [-0.1, -0.05) is 0 Å². The molecule has 0 radical (unpaired) electrons. The van der Waals surface area contributed by atoms with Crippen molar-refractivity contribution in [1.82, 2.24) is 0 Å². The number of ether oxygens (including phenoxy) is 5. The monoisotopic (exact) mass is 328 g/mol. The molecule has 0 amide bonds. The highest BCUT2D eigenvalue weighted by Crippen LogP contribution is 2.23. The minimum atomic E-state index is -0.505. The summed E-state index contributed by atoms with van der Waals surface area (Å²) in [4.78, 5) is 24.4. The smallest absolute Gasteiger partial charge is 0.309 e. The van der Waals surface area contributed by atoms with E-state index in [0.29, 0.717) is 52.1 Å². The molecule has 3 aliphatic heterocycles. The molecule has 3 saturated heterocycles. The molecular formula is C16H24O7. The van der Waals surface area contributed by atoms with Crippen molar-refractivity contribution in [2.45, 2.75) is 37.9 Å². The average molecular weight is 328 g/mol. The first-order valence-electron chi connectivity index (χ1n) is 8.38. The van der Waals surface area contributed by atoms with Crippen molar-refractivity contribution in [2.24, 2.45) is 11.8 Å². The predicted octanol–water partition coefficient (Wildman–Crippen LogP) is 0.693. The molecule has 23 heavy (non-hydrogen) atoms. The van der Waals surface area contributed by atoms with Crippen molar-refractivity contribution in [3.8, 4) is 0 Å². The van der Waals surface area contributed by atoms with Crippen LogP contribution < -0.4 is 0 Å². The van der Waals surface area contributed by atoms with E-state index in [4.69, 9.17) is 23.7 Å². The molecule has 3 rings (SSSR count). The summed E-state index contributed by atoms with van der Waals surface area (Å²) < 4.78 is 26.9. The number of carbonyl (C=O) groups is 2. The lowest BCUT2D eigenvalue weighted by atomic mass is 10.0. The Morgan fingerprint density at radius 2 is 1.04 bits per heavy atom. The van der Waals surface area contributed by atoms with Crippen LogP contribution in [0.15, 0.2) is 0 Å². The zero-order valence-corrected chi connectivity index (χ0v) is 13.2. The third-order valence-electron chi connectivity index (χ3n) is 4.62. The Bertz CT molecular complexity index is 375. The van der Waals surface area contributed by atoms with Crippen LogP contribution in [0.1, 0.15) is 25.7 Å². The molecule has 0 N–H and O–H groups in total. The highest BCUT2D eigenvalue weighted by Gasteiger charge is 2.38. The number of esters is 2. The van der Waals surface area contributed by atoms with Gasteiger partial charge in [0.15, 0.2) is 12.2 Å². The highest BCUT2D eigenvalue weighted by molar-refractivity contribution is 5.74. The Labute approximate surface area is 135 Å². The second-order valence-corrected chi connectivity index (χ2v) is 6.26. The molecule has 0 aromatic rings. The van der Waals surface area contributed by atoms with E-state index in [2.05, 4.69) is 0 Å². The van der Waals surface area contributed by atoms with E-state index < -0.39 is 12.2 Å². The van der Waals surface area contributed by atoms with Crippen LogP contribution in [-0.4, -0.2) is 63.8 Å². The van der Waals surface area contributed by atoms with Gasteiger partial charge in [-0.05, 0) is 25.7 Å². The minimum absolute atomic E-state index is 0.129. The molecule has 7 nitrogen and oxygen atoms in total. The normalized spacial score (nSPS) is 30.1. The number of carbonyl (C=O) groups excluding carboxylic acids is 2. The van der Waals surface area contributed by atoms with Gasteiger partial charge in [0.1, 0.15) is 0 Å². The van der Waals surface area contributed by atoms with Crippen LogP contribution in [0, 0.1) is 11.8 Å². The van der Waals surface area contributed by atoms with E-state index >= 15 is 0 Å². The van der Waals surface area contributed by atoms with E-state index in [9.17, 15) is 9.59 Å². The molecule has 0 aliphatic carbocycles. The van der Waals surface area contributed by atoms with Gasteiger partial charge in [0, 0.05) is 26.4 Å². The molecule has 2 atom stereocenters. The second kappa shape index (κ2) is 8.08. The Morgan fingerprint density at radius 3 is 1.43 bits per heavy atom. The van der Waals surface area contributed by atoms with E-state index in [1.54, 1.807) is 0 Å². The molecule has 0 spiro atoms. The maximum atomic E-state index is 12.2. The Kier molecular flexibility index (Phi) is 5.85. The van der Waals surface area contributed by atoms with Gasteiger partial charge in [-0.2, -0.15) is 0 Å². The van der Waals surface area contributed by atoms with Gasteiger partial charge in [0.2, 0.25) is 0 Å². The fraction of sp³-hybridized carbons (Fsp3) is 0.875. The summed E-state index contributed by atoms with van der Waals surface area (Å²) in [5, 5.41) is 0. The molecule has 3 fully saturated rings. The van der Waals surface area contributed by atoms with Gasteiger partial charge >= 0.3 is 11.9 Å². The van der Waals surface area contributed by atoms with Gasteiger partial charge in [-0.15, -0.1) is 0 Å². The van der Waals surface area contributed by atoms with Gasteiger partial charge in [-0.25, -0.2) is 0 Å². The first kappa shape index (κ1) is 16.7. The lowest BCUT2D eigenvalue weighted by Gasteiger charge is -2.26. The van der Waals surface area contributed by atoms with E-state index in [1.807, 2.05) is 0 Å². The SMILES string of the molecule is O=C(OC1COCC1OC(=O)C1CCOCC1)C1CCOCC1. The van der Waals surface area contributed by atoms with Gasteiger partial charge in [0.05, 0.1) is 25.0 Å². The molecule has 0 aromatic heterocycles. The maximum Gasteiger partial charge on any atom is 0.309 e. The quantitative estimate of drug-likeness (QED) is 0.703. The summed E-state index contributed by atoms with van der Waals surface area (Å²) in [5.74, 6) is -0.737. The molecule has 3 aliphatic rings. The van der Waals surface area contributed by atoms with Gasteiger partial charge in [-0.3, -0.25) is 9.59 Å². The lowest BCUT2D eigenvalue weighted by Crippen LogP contribution is -2.38. The van der Waals surface area contributed by atoms with E-state index in [-0.39, 0.29) is 37.0 Å². The first-order chi connectivity index (χ1) is 11.2. The lowest BCUT2D eigenvalue weighted by molar-refractivity contribution is -0.172. The largest absolute Gasteiger partial charge is 0.456 e. The molecule has 0 bridgehead atoms. The van der Waals surface area contributed by atoms with Crippen LogP contribution in [0.2, 0.25) is 0 Å². The Hall–Kier alpha value is -1.18. The third kappa shape index (κ3) is 4.43. The maximum absolute atomic E-state index is 12.2. The van der Waals surface area contributed by atoms with Crippen molar-refractivity contribution in [1.29, 1.82) is 0 Å². The molecule has 0 saturated carbocycles. The molecule has 7 heteroatoms. The van der Waals surface area contributed by atoms with E-state index in [0.717, 1.165) is 0 Å². The van der Waals surface area contributed by atoms with Crippen LogP contribution in [0.4, 0.5) is 0 Å². The highest BCUT2D eigenvalue weighted by atomic mass is 16.6. The van der Waals surface area contributed by atoms with Crippen molar-refractivity contribution < 1.29 is 33.3 Å². The number of hydrogen-bond donors (Lipinski definition) is 0. The zero-order chi connectivity index (χ0) is 16.1. The fourth-order valence-corrected chi connectivity index (χ4v) is 3.09. The van der Waals surface area contributed by atoms with Crippen LogP contribution in [0.5, 0.6) is 0 Å². The minimum Gasteiger partial charge on any atom is -0.456 e. The summed E-state index contributed by atoms with van der Waals surface area (Å²) in [5.41, 5.74) is 0. The second-order valence-electron chi connectivity index (χ2n) is 6.26. The molecule has 3 heterocycles. The number of hydrogen-bond acceptors (Lipinski definition) is 7. The summed E-state index contributed by atoms with van der Waals surface area (Å²) in [6.07, 6.45) is 1.71. The van der Waals surface area contributed by atoms with Gasteiger partial charge in [0.25, 0.3) is 0 Å².